The van der Waals surface area contributed by atoms with E-state index in [0.717, 1.165) is 29.9 Å². The van der Waals surface area contributed by atoms with E-state index in [1.165, 1.54) is 7.05 Å². The molecule has 4 nitrogen and oxygen atoms in total. The van der Waals surface area contributed by atoms with Crippen LogP contribution in [-0.2, 0) is 11.3 Å². The lowest BCUT2D eigenvalue weighted by Gasteiger charge is -2.11. The van der Waals surface area contributed by atoms with E-state index in [-0.39, 0.29) is 11.5 Å². The summed E-state index contributed by atoms with van der Waals surface area (Å²) in [5.41, 5.74) is 3.33. The first-order chi connectivity index (χ1) is 9.40. The molecule has 1 heterocycles. The number of rotatable bonds is 5. The summed E-state index contributed by atoms with van der Waals surface area (Å²) in [6.45, 7) is 9.45. The molecule has 0 aliphatic rings. The Morgan fingerprint density at radius 3 is 2.65 bits per heavy atom. The first-order valence-electron chi connectivity index (χ1n) is 6.91. The Labute approximate surface area is 121 Å². The van der Waals surface area contributed by atoms with E-state index in [9.17, 15) is 4.79 Å². The van der Waals surface area contributed by atoms with Gasteiger partial charge in [0.15, 0.2) is 0 Å². The molecule has 0 aromatic carbocycles. The van der Waals surface area contributed by atoms with Gasteiger partial charge in [-0.1, -0.05) is 13.8 Å². The number of carbonyl (C=O) groups is 1. The Morgan fingerprint density at radius 1 is 1.50 bits per heavy atom. The summed E-state index contributed by atoms with van der Waals surface area (Å²) >= 11 is 0. The first-order valence-corrected chi connectivity index (χ1v) is 6.91. The molecule has 0 spiro atoms. The average molecular weight is 273 g/mol. The number of nitrogens with zero attached hydrogens (tertiary/aromatic N) is 2. The van der Waals surface area contributed by atoms with Crippen LogP contribution in [0, 0.1) is 31.1 Å². The minimum absolute atomic E-state index is 0.136. The molecule has 0 atom stereocenters. The van der Waals surface area contributed by atoms with Crippen molar-refractivity contribution in [3.63, 3.8) is 0 Å². The van der Waals surface area contributed by atoms with Crippen LogP contribution in [0.15, 0.2) is 11.6 Å². The fraction of sp³-hybridized carbons (Fsp3) is 0.500. The van der Waals surface area contributed by atoms with Crippen molar-refractivity contribution in [3.8, 4) is 6.07 Å². The fourth-order valence-corrected chi connectivity index (χ4v) is 2.14. The van der Waals surface area contributed by atoms with Gasteiger partial charge in [0, 0.05) is 25.0 Å². The summed E-state index contributed by atoms with van der Waals surface area (Å²) < 4.78 is 2.24. The summed E-state index contributed by atoms with van der Waals surface area (Å²) in [6, 6.07) is 3.97. The predicted octanol–water partition coefficient (Wildman–Crippen LogP) is 2.80. The minimum Gasteiger partial charge on any atom is -0.354 e. The molecule has 1 rings (SSSR count). The van der Waals surface area contributed by atoms with Crippen molar-refractivity contribution in [2.45, 2.75) is 40.7 Å². The van der Waals surface area contributed by atoms with Crippen molar-refractivity contribution in [3.05, 3.63) is 28.6 Å². The molecular weight excluding hydrogens is 250 g/mol. The Morgan fingerprint density at radius 2 is 2.15 bits per heavy atom. The maximum atomic E-state index is 11.6. The summed E-state index contributed by atoms with van der Waals surface area (Å²) in [6.07, 6.45) is 2.77. The molecule has 1 aromatic rings. The summed E-state index contributed by atoms with van der Waals surface area (Å²) in [4.78, 5) is 11.6. The van der Waals surface area contributed by atoms with Crippen molar-refractivity contribution >= 4 is 12.0 Å². The van der Waals surface area contributed by atoms with Gasteiger partial charge in [0.1, 0.15) is 11.6 Å². The third-order valence-corrected chi connectivity index (χ3v) is 3.43. The Balaban J connectivity index is 3.10. The molecule has 1 N–H and O–H groups in total. The standard InChI is InChI=1S/C16H23N3O/c1-11(2)6-7-19-12(3)8-14(13(19)4)9-15(10-17)16(20)18-5/h8-9,11H,6-7H2,1-5H3,(H,18,20)/b15-9-. The lowest BCUT2D eigenvalue weighted by molar-refractivity contribution is -0.116. The van der Waals surface area contributed by atoms with Crippen LogP contribution in [0.2, 0.25) is 0 Å². The number of likely N-dealkylation sites (N-methyl/N-ethyl adjacent to an activating group) is 1. The molecule has 108 valence electrons. The second-order valence-electron chi connectivity index (χ2n) is 5.41. The highest BCUT2D eigenvalue weighted by molar-refractivity contribution is 6.01. The zero-order valence-electron chi connectivity index (χ0n) is 12.9. The van der Waals surface area contributed by atoms with Crippen LogP contribution in [0.5, 0.6) is 0 Å². The van der Waals surface area contributed by atoms with Crippen LogP contribution in [-0.4, -0.2) is 17.5 Å². The molecule has 0 saturated carbocycles. The van der Waals surface area contributed by atoms with Gasteiger partial charge >= 0.3 is 0 Å². The van der Waals surface area contributed by atoms with Gasteiger partial charge < -0.3 is 9.88 Å². The van der Waals surface area contributed by atoms with Crippen LogP contribution in [0.4, 0.5) is 0 Å². The van der Waals surface area contributed by atoms with Gasteiger partial charge in [-0.3, -0.25) is 4.79 Å². The fourth-order valence-electron chi connectivity index (χ4n) is 2.14. The maximum absolute atomic E-state index is 11.6. The lowest BCUT2D eigenvalue weighted by Crippen LogP contribution is -2.19. The number of nitriles is 1. The van der Waals surface area contributed by atoms with Crippen LogP contribution in [0.1, 0.15) is 37.2 Å². The zero-order chi connectivity index (χ0) is 15.3. The highest BCUT2D eigenvalue weighted by Gasteiger charge is 2.11. The van der Waals surface area contributed by atoms with Crippen molar-refractivity contribution < 1.29 is 4.79 Å². The average Bonchev–Trinajstić information content (AvgIpc) is 2.67. The third kappa shape index (κ3) is 3.74. The van der Waals surface area contributed by atoms with Gasteiger partial charge in [-0.25, -0.2) is 0 Å². The lowest BCUT2D eigenvalue weighted by atomic mass is 10.1. The van der Waals surface area contributed by atoms with E-state index in [4.69, 9.17) is 5.26 Å². The van der Waals surface area contributed by atoms with Crippen LogP contribution in [0.3, 0.4) is 0 Å². The number of nitrogens with one attached hydrogen (secondary N) is 1. The number of carbonyl (C=O) groups excluding carboxylic acids is 1. The molecule has 0 fully saturated rings. The topological polar surface area (TPSA) is 57.8 Å². The second kappa shape index (κ2) is 6.95. The van der Waals surface area contributed by atoms with Gasteiger partial charge in [0.05, 0.1) is 0 Å². The van der Waals surface area contributed by atoms with E-state index in [2.05, 4.69) is 30.7 Å². The maximum Gasteiger partial charge on any atom is 0.261 e. The zero-order valence-corrected chi connectivity index (χ0v) is 12.9. The molecule has 0 aliphatic heterocycles. The molecule has 0 saturated heterocycles. The van der Waals surface area contributed by atoms with Gasteiger partial charge in [-0.15, -0.1) is 0 Å². The van der Waals surface area contributed by atoms with E-state index in [1.54, 1.807) is 6.08 Å². The molecule has 0 radical (unpaired) electrons. The van der Waals surface area contributed by atoms with Crippen LogP contribution in [0.25, 0.3) is 6.08 Å². The summed E-state index contributed by atoms with van der Waals surface area (Å²) in [7, 11) is 1.53. The molecule has 20 heavy (non-hydrogen) atoms. The second-order valence-corrected chi connectivity index (χ2v) is 5.41. The molecule has 0 bridgehead atoms. The van der Waals surface area contributed by atoms with Gasteiger partial charge in [0.25, 0.3) is 5.91 Å². The monoisotopic (exact) mass is 273 g/mol. The number of hydrogen-bond donors (Lipinski definition) is 1. The quantitative estimate of drug-likeness (QED) is 0.662. The Hall–Kier alpha value is -2.02. The minimum atomic E-state index is -0.348. The normalized spacial score (nSPS) is 11.6. The molecular formula is C16H23N3O. The van der Waals surface area contributed by atoms with Crippen molar-refractivity contribution in [1.82, 2.24) is 9.88 Å². The third-order valence-electron chi connectivity index (χ3n) is 3.43. The molecule has 1 aromatic heterocycles. The van der Waals surface area contributed by atoms with Crippen LogP contribution >= 0.6 is 0 Å². The number of hydrogen-bond acceptors (Lipinski definition) is 2. The number of aryl methyl sites for hydroxylation is 1. The highest BCUT2D eigenvalue weighted by atomic mass is 16.1. The Bertz CT molecular complexity index is 559. The van der Waals surface area contributed by atoms with E-state index in [0.29, 0.717) is 5.92 Å². The number of aromatic nitrogens is 1. The summed E-state index contributed by atoms with van der Waals surface area (Å²) in [5.74, 6) is 0.301. The van der Waals surface area contributed by atoms with E-state index in [1.807, 2.05) is 19.1 Å². The highest BCUT2D eigenvalue weighted by Crippen LogP contribution is 2.19. The summed E-state index contributed by atoms with van der Waals surface area (Å²) in [5, 5.41) is 11.5. The van der Waals surface area contributed by atoms with E-state index < -0.39 is 0 Å². The molecule has 0 unspecified atom stereocenters. The molecule has 0 aliphatic carbocycles. The number of amides is 1. The van der Waals surface area contributed by atoms with Gasteiger partial charge in [-0.05, 0) is 43.9 Å². The van der Waals surface area contributed by atoms with Crippen LogP contribution < -0.4 is 5.32 Å². The van der Waals surface area contributed by atoms with Gasteiger partial charge in [-0.2, -0.15) is 5.26 Å². The Kier molecular flexibility index (Phi) is 5.57. The van der Waals surface area contributed by atoms with E-state index >= 15 is 0 Å². The first kappa shape index (κ1) is 16.0. The SMILES string of the molecule is CNC(=O)/C(C#N)=C\c1cc(C)n(CCC(C)C)c1C. The largest absolute Gasteiger partial charge is 0.354 e. The van der Waals surface area contributed by atoms with Crippen molar-refractivity contribution in [2.24, 2.45) is 5.92 Å². The van der Waals surface area contributed by atoms with Crippen molar-refractivity contribution in [1.29, 1.82) is 5.26 Å². The van der Waals surface area contributed by atoms with Crippen molar-refractivity contribution in [2.75, 3.05) is 7.05 Å². The molecule has 1 amide bonds. The smallest absolute Gasteiger partial charge is 0.261 e. The van der Waals surface area contributed by atoms with Gasteiger partial charge in [0.2, 0.25) is 0 Å². The molecule has 4 heteroatoms. The predicted molar refractivity (Wildman–Crippen MR) is 81.0 cm³/mol.